The molecule has 0 saturated carbocycles. The van der Waals surface area contributed by atoms with Gasteiger partial charge in [-0.05, 0) is 60.9 Å². The first-order valence-electron chi connectivity index (χ1n) is 8.69. The first kappa shape index (κ1) is 16.4. The van der Waals surface area contributed by atoms with Gasteiger partial charge in [-0.3, -0.25) is 4.79 Å². The molecule has 2 aromatic heterocycles. The van der Waals surface area contributed by atoms with E-state index < -0.39 is 0 Å². The van der Waals surface area contributed by atoms with Gasteiger partial charge in [0, 0.05) is 18.0 Å². The van der Waals surface area contributed by atoms with Crippen LogP contribution in [0.2, 0.25) is 0 Å². The number of aryl methyl sites for hydroxylation is 1. The lowest BCUT2D eigenvalue weighted by atomic mass is 9.80. The fourth-order valence-electron chi connectivity index (χ4n) is 3.62. The molecule has 0 radical (unpaired) electrons. The van der Waals surface area contributed by atoms with Crippen LogP contribution in [0.4, 0.5) is 0 Å². The van der Waals surface area contributed by atoms with Crippen molar-refractivity contribution in [3.8, 4) is 11.7 Å². The zero-order valence-electron chi connectivity index (χ0n) is 14.8. The fourth-order valence-corrected chi connectivity index (χ4v) is 3.62. The SMILES string of the molecule is COc1cc(C)ccc1C1CCc2c(cnn(-c3ncccn3)c2=O)C1. The van der Waals surface area contributed by atoms with Crippen molar-refractivity contribution in [2.75, 3.05) is 7.11 Å². The van der Waals surface area contributed by atoms with E-state index in [-0.39, 0.29) is 5.56 Å². The van der Waals surface area contributed by atoms with Crippen LogP contribution < -0.4 is 10.3 Å². The van der Waals surface area contributed by atoms with Crippen LogP contribution in [0.5, 0.6) is 5.75 Å². The molecule has 0 fully saturated rings. The van der Waals surface area contributed by atoms with Crippen LogP contribution >= 0.6 is 0 Å². The molecule has 0 saturated heterocycles. The van der Waals surface area contributed by atoms with E-state index in [1.54, 1.807) is 31.8 Å². The molecule has 1 aromatic carbocycles. The molecule has 132 valence electrons. The summed E-state index contributed by atoms with van der Waals surface area (Å²) >= 11 is 0. The molecule has 0 amide bonds. The largest absolute Gasteiger partial charge is 0.496 e. The highest BCUT2D eigenvalue weighted by molar-refractivity contribution is 5.42. The molecule has 0 aliphatic heterocycles. The number of hydrogen-bond acceptors (Lipinski definition) is 5. The molecule has 2 heterocycles. The van der Waals surface area contributed by atoms with Gasteiger partial charge in [0.05, 0.1) is 13.3 Å². The van der Waals surface area contributed by atoms with Crippen LogP contribution in [0.25, 0.3) is 5.95 Å². The Hall–Kier alpha value is -3.02. The number of rotatable bonds is 3. The van der Waals surface area contributed by atoms with Crippen molar-refractivity contribution < 1.29 is 4.74 Å². The smallest absolute Gasteiger partial charge is 0.277 e. The molecule has 3 aromatic rings. The number of nitrogens with zero attached hydrogens (tertiary/aromatic N) is 4. The van der Waals surface area contributed by atoms with Crippen molar-refractivity contribution in [1.82, 2.24) is 19.7 Å². The Morgan fingerprint density at radius 1 is 1.23 bits per heavy atom. The van der Waals surface area contributed by atoms with Crippen molar-refractivity contribution in [3.63, 3.8) is 0 Å². The number of ether oxygens (including phenoxy) is 1. The zero-order chi connectivity index (χ0) is 18.1. The Labute approximate surface area is 151 Å². The summed E-state index contributed by atoms with van der Waals surface area (Å²) in [5.74, 6) is 1.54. The van der Waals surface area contributed by atoms with E-state index in [0.717, 1.165) is 29.7 Å². The van der Waals surface area contributed by atoms with Gasteiger partial charge in [-0.1, -0.05) is 12.1 Å². The summed E-state index contributed by atoms with van der Waals surface area (Å²) in [6.07, 6.45) is 7.39. The summed E-state index contributed by atoms with van der Waals surface area (Å²) in [6.45, 7) is 2.06. The Kier molecular flexibility index (Phi) is 4.24. The maximum Gasteiger partial charge on any atom is 0.277 e. The van der Waals surface area contributed by atoms with Crippen LogP contribution in [0.3, 0.4) is 0 Å². The van der Waals surface area contributed by atoms with Gasteiger partial charge < -0.3 is 4.74 Å². The quantitative estimate of drug-likeness (QED) is 0.728. The van der Waals surface area contributed by atoms with Gasteiger partial charge in [0.1, 0.15) is 5.75 Å². The molecule has 26 heavy (non-hydrogen) atoms. The highest BCUT2D eigenvalue weighted by atomic mass is 16.5. The summed E-state index contributed by atoms with van der Waals surface area (Å²) in [4.78, 5) is 21.1. The van der Waals surface area contributed by atoms with E-state index in [4.69, 9.17) is 4.74 Å². The molecule has 1 aliphatic carbocycles. The van der Waals surface area contributed by atoms with E-state index >= 15 is 0 Å². The van der Waals surface area contributed by atoms with E-state index in [0.29, 0.717) is 18.3 Å². The van der Waals surface area contributed by atoms with Gasteiger partial charge in [0.25, 0.3) is 11.5 Å². The number of methoxy groups -OCH3 is 1. The number of fused-ring (bicyclic) bond motifs is 1. The van der Waals surface area contributed by atoms with Gasteiger partial charge in [-0.25, -0.2) is 9.97 Å². The second kappa shape index (κ2) is 6.71. The second-order valence-electron chi connectivity index (χ2n) is 6.60. The number of benzene rings is 1. The molecule has 6 heteroatoms. The highest BCUT2D eigenvalue weighted by Gasteiger charge is 2.26. The lowest BCUT2D eigenvalue weighted by Crippen LogP contribution is -2.30. The molecular formula is C20H20N4O2. The summed E-state index contributed by atoms with van der Waals surface area (Å²) in [7, 11) is 1.70. The minimum absolute atomic E-state index is 0.122. The Morgan fingerprint density at radius 2 is 2.04 bits per heavy atom. The van der Waals surface area contributed by atoms with Crippen molar-refractivity contribution >= 4 is 0 Å². The third-order valence-corrected chi connectivity index (χ3v) is 4.95. The maximum absolute atomic E-state index is 12.8. The van der Waals surface area contributed by atoms with Crippen molar-refractivity contribution in [2.24, 2.45) is 0 Å². The highest BCUT2D eigenvalue weighted by Crippen LogP contribution is 2.36. The van der Waals surface area contributed by atoms with Gasteiger partial charge in [-0.15, -0.1) is 0 Å². The summed E-state index contributed by atoms with van der Waals surface area (Å²) in [6, 6.07) is 8.02. The lowest BCUT2D eigenvalue weighted by molar-refractivity contribution is 0.401. The van der Waals surface area contributed by atoms with Gasteiger partial charge >= 0.3 is 0 Å². The summed E-state index contributed by atoms with van der Waals surface area (Å²) in [5, 5.41) is 4.29. The maximum atomic E-state index is 12.8. The minimum atomic E-state index is -0.122. The summed E-state index contributed by atoms with van der Waals surface area (Å²) < 4.78 is 6.85. The first-order valence-corrected chi connectivity index (χ1v) is 8.69. The normalized spacial score (nSPS) is 16.2. The van der Waals surface area contributed by atoms with E-state index in [1.165, 1.54) is 15.8 Å². The summed E-state index contributed by atoms with van der Waals surface area (Å²) in [5.41, 5.74) is 4.06. The average molecular weight is 348 g/mol. The third-order valence-electron chi connectivity index (χ3n) is 4.95. The predicted molar refractivity (Wildman–Crippen MR) is 97.9 cm³/mol. The standard InChI is InChI=1S/C20H20N4O2/c1-13-4-6-16(18(10-13)26-2)14-5-7-17-15(11-14)12-23-24(19(17)25)20-21-8-3-9-22-20/h3-4,6,8-10,12,14H,5,7,11H2,1-2H3. The first-order chi connectivity index (χ1) is 12.7. The monoisotopic (exact) mass is 348 g/mol. The third kappa shape index (κ3) is 2.87. The molecule has 1 aliphatic rings. The van der Waals surface area contributed by atoms with Gasteiger partial charge in [-0.2, -0.15) is 9.78 Å². The molecule has 0 spiro atoms. The second-order valence-corrected chi connectivity index (χ2v) is 6.60. The van der Waals surface area contributed by atoms with E-state index in [2.05, 4.69) is 40.2 Å². The Balaban J connectivity index is 1.69. The molecule has 0 bridgehead atoms. The van der Waals surface area contributed by atoms with Crippen molar-refractivity contribution in [2.45, 2.75) is 32.1 Å². The topological polar surface area (TPSA) is 69.9 Å². The number of hydrogen-bond donors (Lipinski definition) is 0. The van der Waals surface area contributed by atoms with Gasteiger partial charge in [0.2, 0.25) is 0 Å². The molecule has 1 atom stereocenters. The predicted octanol–water partition coefficient (Wildman–Crippen LogP) is 2.61. The van der Waals surface area contributed by atoms with E-state index in [9.17, 15) is 4.79 Å². The van der Waals surface area contributed by atoms with Crippen molar-refractivity contribution in [3.05, 3.63) is 75.5 Å². The molecule has 4 rings (SSSR count). The van der Waals surface area contributed by atoms with E-state index in [1.807, 2.05) is 0 Å². The molecule has 1 unspecified atom stereocenters. The average Bonchev–Trinajstić information content (AvgIpc) is 2.68. The van der Waals surface area contributed by atoms with Crippen molar-refractivity contribution in [1.29, 1.82) is 0 Å². The molecule has 0 N–H and O–H groups in total. The van der Waals surface area contributed by atoms with Crippen LogP contribution in [0, 0.1) is 6.92 Å². The number of aromatic nitrogens is 4. The minimum Gasteiger partial charge on any atom is -0.496 e. The van der Waals surface area contributed by atoms with Crippen LogP contribution in [-0.2, 0) is 12.8 Å². The zero-order valence-corrected chi connectivity index (χ0v) is 14.8. The Morgan fingerprint density at radius 3 is 2.81 bits per heavy atom. The van der Waals surface area contributed by atoms with Crippen LogP contribution in [-0.4, -0.2) is 26.9 Å². The van der Waals surface area contributed by atoms with Gasteiger partial charge in [0.15, 0.2) is 0 Å². The van der Waals surface area contributed by atoms with Crippen LogP contribution in [0.15, 0.2) is 47.7 Å². The molecular weight excluding hydrogens is 328 g/mol. The lowest BCUT2D eigenvalue weighted by Gasteiger charge is -2.26. The Bertz CT molecular complexity index is 998. The fraction of sp³-hybridized carbons (Fsp3) is 0.300. The molecule has 6 nitrogen and oxygen atoms in total. The van der Waals surface area contributed by atoms with Crippen LogP contribution in [0.1, 0.15) is 34.6 Å².